The maximum Gasteiger partial charge on any atom is 0.303 e. The summed E-state index contributed by atoms with van der Waals surface area (Å²) in [7, 11) is -1.99. The summed E-state index contributed by atoms with van der Waals surface area (Å²) in [5, 5.41) is 27.5. The number of unbranched alkanes of at least 4 members (excludes halogenated alkanes) is 7. The molecule has 3 atom stereocenters. The van der Waals surface area contributed by atoms with Gasteiger partial charge >= 0.3 is 5.97 Å². The van der Waals surface area contributed by atoms with Crippen molar-refractivity contribution in [3.8, 4) is 0 Å². The van der Waals surface area contributed by atoms with Crippen molar-refractivity contribution >= 4 is 14.5 Å². The van der Waals surface area contributed by atoms with Crippen LogP contribution in [0.1, 0.15) is 77.0 Å². The average Bonchev–Trinajstić information content (AvgIpc) is 2.51. The van der Waals surface area contributed by atoms with E-state index in [9.17, 15) is 14.8 Å². The van der Waals surface area contributed by atoms with Crippen molar-refractivity contribution in [3.63, 3.8) is 0 Å². The lowest BCUT2D eigenvalue weighted by molar-refractivity contribution is -0.137. The molecule has 0 aliphatic rings. The molecule has 0 aromatic rings. The minimum Gasteiger partial charge on any atom is -0.481 e. The third-order valence-electron chi connectivity index (χ3n) is 3.96. The first-order valence-corrected chi connectivity index (χ1v) is 10.2. The Balaban J connectivity index is 3.88. The minimum atomic E-state index is -1.99. The highest BCUT2D eigenvalue weighted by Gasteiger charge is 2.21. The van der Waals surface area contributed by atoms with Gasteiger partial charge in [-0.2, -0.15) is 0 Å². The van der Waals surface area contributed by atoms with Gasteiger partial charge in [0.15, 0.2) is 0 Å². The summed E-state index contributed by atoms with van der Waals surface area (Å²) in [5.41, 5.74) is 5.33. The molecule has 0 aliphatic carbocycles. The molecule has 144 valence electrons. The van der Waals surface area contributed by atoms with Crippen molar-refractivity contribution in [2.24, 2.45) is 5.50 Å². The third kappa shape index (κ3) is 15.2. The Morgan fingerprint density at radius 2 is 1.50 bits per heavy atom. The van der Waals surface area contributed by atoms with E-state index in [1.54, 1.807) is 0 Å². The lowest BCUT2D eigenvalue weighted by Gasteiger charge is -2.24. The Morgan fingerprint density at radius 1 is 0.958 bits per heavy atom. The van der Waals surface area contributed by atoms with E-state index in [1.807, 2.05) is 0 Å². The Kier molecular flexibility index (Phi) is 16.0. The summed E-state index contributed by atoms with van der Waals surface area (Å²) < 4.78 is 5.28. The largest absolute Gasteiger partial charge is 0.481 e. The van der Waals surface area contributed by atoms with E-state index >= 15 is 0 Å². The highest BCUT2D eigenvalue weighted by atomic mass is 31.2. The molecule has 0 fully saturated rings. The monoisotopic (exact) mass is 367 g/mol. The zero-order chi connectivity index (χ0) is 18.2. The molecule has 0 saturated carbocycles. The van der Waals surface area contributed by atoms with Crippen LogP contribution in [0.15, 0.2) is 0 Å². The van der Waals surface area contributed by atoms with Crippen molar-refractivity contribution in [1.29, 1.82) is 0 Å². The van der Waals surface area contributed by atoms with Crippen LogP contribution in [0.25, 0.3) is 0 Å². The number of carboxylic acid groups (broad SMARTS) is 1. The molecule has 0 amide bonds. The van der Waals surface area contributed by atoms with E-state index in [1.165, 1.54) is 0 Å². The predicted octanol–water partition coefficient (Wildman–Crippen LogP) is 2.67. The number of aliphatic hydroxyl groups is 2. The molecule has 0 aromatic heterocycles. The lowest BCUT2D eigenvalue weighted by atomic mass is 10.00. The topological polar surface area (TPSA) is 133 Å². The Hall–Kier alpha value is -0.300. The molecule has 3 unspecified atom stereocenters. The molecule has 0 radical (unpaired) electrons. The zero-order valence-corrected chi connectivity index (χ0v) is 15.4. The number of rotatable bonds is 17. The van der Waals surface area contributed by atoms with Gasteiger partial charge in [-0.3, -0.25) is 10.3 Å². The van der Waals surface area contributed by atoms with Crippen LogP contribution < -0.4 is 5.50 Å². The Labute approximate surface area is 146 Å². The number of aliphatic hydroxyl groups excluding tert-OH is 2. The minimum absolute atomic E-state index is 0.197. The quantitative estimate of drug-likeness (QED) is 0.197. The fourth-order valence-electron chi connectivity index (χ4n) is 2.61. The number of hydrogen-bond donors (Lipinski definition) is 5. The summed E-state index contributed by atoms with van der Waals surface area (Å²) in [6.07, 6.45) is 8.17. The van der Waals surface area contributed by atoms with Gasteiger partial charge in [0.25, 0.3) is 0 Å². The Morgan fingerprint density at radius 3 is 2.08 bits per heavy atom. The molecule has 0 aliphatic heterocycles. The summed E-state index contributed by atoms with van der Waals surface area (Å²) in [4.78, 5) is 19.7. The van der Waals surface area contributed by atoms with E-state index in [2.05, 4.69) is 0 Å². The first kappa shape index (κ1) is 23.7. The van der Waals surface area contributed by atoms with Gasteiger partial charge in [-0.15, -0.1) is 0 Å². The Bertz CT molecular complexity index is 306. The van der Waals surface area contributed by atoms with E-state index in [-0.39, 0.29) is 13.0 Å². The van der Waals surface area contributed by atoms with Gasteiger partial charge in [-0.1, -0.05) is 44.9 Å². The van der Waals surface area contributed by atoms with Gasteiger partial charge in [-0.25, -0.2) is 0 Å². The van der Waals surface area contributed by atoms with Crippen LogP contribution in [0.2, 0.25) is 0 Å². The van der Waals surface area contributed by atoms with Gasteiger partial charge in [0.1, 0.15) is 0 Å². The van der Waals surface area contributed by atoms with Gasteiger partial charge < -0.3 is 24.7 Å². The van der Waals surface area contributed by atoms with Gasteiger partial charge in [0.05, 0.1) is 12.2 Å². The first-order chi connectivity index (χ1) is 11.5. The number of carboxylic acids is 1. The highest BCUT2D eigenvalue weighted by Crippen LogP contribution is 2.28. The maximum absolute atomic E-state index is 10.4. The molecule has 0 heterocycles. The van der Waals surface area contributed by atoms with E-state index in [4.69, 9.17) is 20.2 Å². The second-order valence-corrected chi connectivity index (χ2v) is 6.96. The highest BCUT2D eigenvalue weighted by molar-refractivity contribution is 7.43. The van der Waals surface area contributed by atoms with Gasteiger partial charge in [-0.05, 0) is 25.7 Å². The standard InChI is InChI=1S/C16H34NO6P/c17-24(22)23-15(14(19)10-6-4-5-9-13-18)11-7-2-1-3-8-12-16(20)21/h14-15,18-19,22H,1-13,17H2,(H,20,21). The molecule has 0 spiro atoms. The van der Waals surface area contributed by atoms with E-state index in [0.717, 1.165) is 51.4 Å². The van der Waals surface area contributed by atoms with Crippen LogP contribution in [-0.2, 0) is 9.32 Å². The molecule has 7 nitrogen and oxygen atoms in total. The smallest absolute Gasteiger partial charge is 0.303 e. The van der Waals surface area contributed by atoms with Crippen molar-refractivity contribution in [1.82, 2.24) is 0 Å². The number of hydrogen-bond acceptors (Lipinski definition) is 6. The van der Waals surface area contributed by atoms with Crippen LogP contribution in [0, 0.1) is 0 Å². The fraction of sp³-hybridized carbons (Fsp3) is 0.938. The van der Waals surface area contributed by atoms with Gasteiger partial charge in [0.2, 0.25) is 8.53 Å². The fourth-order valence-corrected chi connectivity index (χ4v) is 3.13. The van der Waals surface area contributed by atoms with Crippen LogP contribution in [-0.4, -0.2) is 45.0 Å². The normalized spacial score (nSPS) is 15.2. The molecule has 0 aromatic carbocycles. The number of nitrogens with two attached hydrogens (primary N) is 1. The van der Waals surface area contributed by atoms with Crippen molar-refractivity contribution in [2.45, 2.75) is 89.3 Å². The molecule has 0 bridgehead atoms. The predicted molar refractivity (Wildman–Crippen MR) is 94.3 cm³/mol. The molecule has 24 heavy (non-hydrogen) atoms. The zero-order valence-electron chi connectivity index (χ0n) is 14.5. The number of aliphatic carboxylic acids is 1. The number of carbonyl (C=O) groups is 1. The summed E-state index contributed by atoms with van der Waals surface area (Å²) in [5.74, 6) is -0.759. The first-order valence-electron chi connectivity index (χ1n) is 8.88. The molecule has 6 N–H and O–H groups in total. The maximum atomic E-state index is 10.4. The second kappa shape index (κ2) is 16.2. The molecule has 0 rings (SSSR count). The SMILES string of the molecule is NP(O)OC(CCCCCCCC(=O)O)C(O)CCCCCCO. The van der Waals surface area contributed by atoms with E-state index in [0.29, 0.717) is 19.3 Å². The van der Waals surface area contributed by atoms with Crippen molar-refractivity contribution in [3.05, 3.63) is 0 Å². The van der Waals surface area contributed by atoms with Gasteiger partial charge in [0, 0.05) is 13.0 Å². The molecule has 0 saturated heterocycles. The summed E-state index contributed by atoms with van der Waals surface area (Å²) in [6.45, 7) is 0.197. The van der Waals surface area contributed by atoms with Crippen LogP contribution in [0.3, 0.4) is 0 Å². The lowest BCUT2D eigenvalue weighted by Crippen LogP contribution is -2.28. The average molecular weight is 367 g/mol. The summed E-state index contributed by atoms with van der Waals surface area (Å²) >= 11 is 0. The molecule has 8 heteroatoms. The molecular formula is C16H34NO6P. The van der Waals surface area contributed by atoms with Crippen molar-refractivity contribution < 1.29 is 29.5 Å². The third-order valence-corrected chi connectivity index (χ3v) is 4.45. The van der Waals surface area contributed by atoms with Crippen LogP contribution in [0.5, 0.6) is 0 Å². The van der Waals surface area contributed by atoms with E-state index < -0.39 is 26.7 Å². The van der Waals surface area contributed by atoms with Crippen LogP contribution in [0.4, 0.5) is 0 Å². The second-order valence-electron chi connectivity index (χ2n) is 6.14. The summed E-state index contributed by atoms with van der Waals surface area (Å²) in [6, 6.07) is 0. The van der Waals surface area contributed by atoms with Crippen molar-refractivity contribution in [2.75, 3.05) is 6.61 Å². The molecular weight excluding hydrogens is 333 g/mol. The van der Waals surface area contributed by atoms with Crippen LogP contribution >= 0.6 is 8.53 Å².